The third-order valence-electron chi connectivity index (χ3n) is 5.94. The van der Waals surface area contributed by atoms with Crippen LogP contribution in [-0.2, 0) is 71.3 Å². The van der Waals surface area contributed by atoms with Gasteiger partial charge in [0.25, 0.3) is 5.78 Å². The standard InChI is InChI=1S/C33H50O17/c34-29(32(37)38)6-7-30(35)49-26-24-47-22-20-45-18-16-43-14-12-41-10-8-40-9-11-42-13-15-44-17-19-46-21-23-48-25-27-50-33(39)31(36)28-4-2-1-3-5-28/h1-5H,6-27H2,(H,37,38). The molecule has 0 heterocycles. The smallest absolute Gasteiger partial charge is 0.379 e. The molecule has 0 saturated heterocycles. The zero-order valence-corrected chi connectivity index (χ0v) is 28.4. The van der Waals surface area contributed by atoms with Crippen molar-refractivity contribution in [2.45, 2.75) is 12.8 Å². The molecule has 0 radical (unpaired) electrons. The number of carbonyl (C=O) groups is 5. The van der Waals surface area contributed by atoms with E-state index in [1.165, 1.54) is 0 Å². The summed E-state index contributed by atoms with van der Waals surface area (Å²) in [7, 11) is 0. The van der Waals surface area contributed by atoms with Crippen LogP contribution in [0.4, 0.5) is 0 Å². The summed E-state index contributed by atoms with van der Waals surface area (Å²) in [5.41, 5.74) is 0.284. The van der Waals surface area contributed by atoms with Crippen LogP contribution in [0.3, 0.4) is 0 Å². The van der Waals surface area contributed by atoms with Crippen molar-refractivity contribution in [2.24, 2.45) is 0 Å². The van der Waals surface area contributed by atoms with Gasteiger partial charge in [0.1, 0.15) is 13.2 Å². The predicted octanol–water partition coefficient (Wildman–Crippen LogP) is 0.539. The summed E-state index contributed by atoms with van der Waals surface area (Å²) in [6, 6.07) is 8.21. The van der Waals surface area contributed by atoms with E-state index in [4.69, 9.17) is 57.2 Å². The van der Waals surface area contributed by atoms with Crippen LogP contribution in [0, 0.1) is 0 Å². The van der Waals surface area contributed by atoms with E-state index in [-0.39, 0.29) is 38.4 Å². The largest absolute Gasteiger partial charge is 0.476 e. The van der Waals surface area contributed by atoms with Gasteiger partial charge in [-0.25, -0.2) is 9.59 Å². The number of ketones is 2. The minimum Gasteiger partial charge on any atom is -0.476 e. The highest BCUT2D eigenvalue weighted by Gasteiger charge is 2.17. The zero-order chi connectivity index (χ0) is 36.3. The lowest BCUT2D eigenvalue weighted by Gasteiger charge is -2.09. The topological polar surface area (TPSA) is 207 Å². The Hall–Kier alpha value is -3.39. The Kier molecular flexibility index (Phi) is 29.3. The Morgan fingerprint density at radius 1 is 0.420 bits per heavy atom. The summed E-state index contributed by atoms with van der Waals surface area (Å²) < 4.78 is 58.2. The minimum absolute atomic E-state index is 0.00383. The molecule has 0 aromatic heterocycles. The average Bonchev–Trinajstić information content (AvgIpc) is 3.12. The van der Waals surface area contributed by atoms with Crippen LogP contribution < -0.4 is 0 Å². The lowest BCUT2D eigenvalue weighted by atomic mass is 10.1. The van der Waals surface area contributed by atoms with Gasteiger partial charge in [0, 0.05) is 12.0 Å². The summed E-state index contributed by atoms with van der Waals surface area (Å²) in [6.07, 6.45) is -0.676. The van der Waals surface area contributed by atoms with Crippen molar-refractivity contribution >= 4 is 29.5 Å². The van der Waals surface area contributed by atoms with Crippen LogP contribution in [0.15, 0.2) is 30.3 Å². The molecule has 284 valence electrons. The summed E-state index contributed by atoms with van der Waals surface area (Å²) >= 11 is 0. The second-order valence-corrected chi connectivity index (χ2v) is 9.79. The van der Waals surface area contributed by atoms with Crippen molar-refractivity contribution in [3.63, 3.8) is 0 Å². The van der Waals surface area contributed by atoms with E-state index < -0.39 is 35.9 Å². The lowest BCUT2D eigenvalue weighted by molar-refractivity contribution is -0.151. The van der Waals surface area contributed by atoms with Crippen LogP contribution in [0.2, 0.25) is 0 Å². The average molecular weight is 719 g/mol. The second kappa shape index (κ2) is 32.8. The number of carbonyl (C=O) groups excluding carboxylic acids is 4. The van der Waals surface area contributed by atoms with Crippen LogP contribution in [0.5, 0.6) is 0 Å². The molecule has 0 saturated carbocycles. The van der Waals surface area contributed by atoms with E-state index in [0.717, 1.165) is 0 Å². The van der Waals surface area contributed by atoms with Gasteiger partial charge in [0.2, 0.25) is 5.78 Å². The van der Waals surface area contributed by atoms with Gasteiger partial charge >= 0.3 is 17.9 Å². The first-order valence-electron chi connectivity index (χ1n) is 16.3. The lowest BCUT2D eigenvalue weighted by Crippen LogP contribution is -2.20. The molecule has 1 N–H and O–H groups in total. The minimum atomic E-state index is -1.57. The van der Waals surface area contributed by atoms with Crippen LogP contribution in [0.25, 0.3) is 0 Å². The van der Waals surface area contributed by atoms with Crippen molar-refractivity contribution < 1.29 is 81.2 Å². The number of benzene rings is 1. The zero-order valence-electron chi connectivity index (χ0n) is 28.4. The number of carboxylic acid groups (broad SMARTS) is 1. The van der Waals surface area contributed by atoms with Gasteiger partial charge in [-0.15, -0.1) is 0 Å². The third-order valence-corrected chi connectivity index (χ3v) is 5.94. The maximum atomic E-state index is 11.9. The van der Waals surface area contributed by atoms with Crippen molar-refractivity contribution in [1.82, 2.24) is 0 Å². The van der Waals surface area contributed by atoms with Crippen molar-refractivity contribution in [3.05, 3.63) is 35.9 Å². The molecule has 0 spiro atoms. The summed E-state index contributed by atoms with van der Waals surface area (Å²) in [5, 5.41) is 8.44. The first kappa shape index (κ1) is 44.6. The quantitative estimate of drug-likeness (QED) is 0.0435. The molecule has 0 aliphatic rings. The fraction of sp³-hybridized carbons (Fsp3) is 0.667. The van der Waals surface area contributed by atoms with E-state index >= 15 is 0 Å². The fourth-order valence-electron chi connectivity index (χ4n) is 3.44. The SMILES string of the molecule is O=C(CCC(=O)C(=O)O)OCCOCCOCCOCCOCCOCCOCCOCCOCCOCCOC(=O)C(=O)c1ccccc1. The Labute approximate surface area is 291 Å². The Balaban J connectivity index is 1.69. The number of carboxylic acids is 1. The highest BCUT2D eigenvalue weighted by molar-refractivity contribution is 6.40. The first-order chi connectivity index (χ1) is 24.4. The van der Waals surface area contributed by atoms with Gasteiger partial charge in [0.15, 0.2) is 0 Å². The van der Waals surface area contributed by atoms with E-state index in [0.29, 0.717) is 106 Å². The molecule has 1 aromatic carbocycles. The summed E-state index contributed by atoms with van der Waals surface area (Å²) in [6.45, 7) is 6.70. The van der Waals surface area contributed by atoms with Gasteiger partial charge in [0.05, 0.1) is 125 Å². The van der Waals surface area contributed by atoms with Gasteiger partial charge in [-0.3, -0.25) is 14.4 Å². The third kappa shape index (κ3) is 27.4. The molecule has 0 amide bonds. The molecule has 0 fully saturated rings. The number of hydrogen-bond acceptors (Lipinski definition) is 16. The molecule has 1 rings (SSSR count). The Morgan fingerprint density at radius 3 is 1.08 bits per heavy atom. The number of rotatable bonds is 36. The molecule has 17 heteroatoms. The summed E-state index contributed by atoms with van der Waals surface area (Å²) in [5.74, 6) is -4.86. The molecule has 1 aromatic rings. The highest BCUT2D eigenvalue weighted by Crippen LogP contribution is 2.01. The summed E-state index contributed by atoms with van der Waals surface area (Å²) in [4.78, 5) is 56.2. The maximum Gasteiger partial charge on any atom is 0.379 e. The number of ether oxygens (including phenoxy) is 11. The second-order valence-electron chi connectivity index (χ2n) is 9.79. The molecular formula is C33H50O17. The number of esters is 2. The van der Waals surface area contributed by atoms with Gasteiger partial charge in [-0.1, -0.05) is 30.3 Å². The van der Waals surface area contributed by atoms with Crippen molar-refractivity contribution in [1.29, 1.82) is 0 Å². The van der Waals surface area contributed by atoms with Crippen LogP contribution in [0.1, 0.15) is 23.2 Å². The van der Waals surface area contributed by atoms with Gasteiger partial charge in [-0.05, 0) is 0 Å². The van der Waals surface area contributed by atoms with Gasteiger partial charge in [-0.2, -0.15) is 0 Å². The molecule has 0 aliphatic carbocycles. The Morgan fingerprint density at radius 2 is 0.740 bits per heavy atom. The van der Waals surface area contributed by atoms with Crippen LogP contribution >= 0.6 is 0 Å². The molecule has 0 atom stereocenters. The van der Waals surface area contributed by atoms with E-state index in [9.17, 15) is 24.0 Å². The number of aliphatic carboxylic acids is 1. The number of hydrogen-bond donors (Lipinski definition) is 1. The van der Waals surface area contributed by atoms with Gasteiger partial charge < -0.3 is 57.2 Å². The predicted molar refractivity (Wildman–Crippen MR) is 172 cm³/mol. The van der Waals surface area contributed by atoms with Crippen molar-refractivity contribution in [3.8, 4) is 0 Å². The van der Waals surface area contributed by atoms with Crippen LogP contribution in [-0.4, -0.2) is 167 Å². The van der Waals surface area contributed by atoms with E-state index in [2.05, 4.69) is 0 Å². The molecule has 0 unspecified atom stereocenters. The highest BCUT2D eigenvalue weighted by atomic mass is 16.6. The van der Waals surface area contributed by atoms with E-state index in [1.54, 1.807) is 30.3 Å². The fourth-order valence-corrected chi connectivity index (χ4v) is 3.44. The van der Waals surface area contributed by atoms with Crippen molar-refractivity contribution in [2.75, 3.05) is 132 Å². The maximum absolute atomic E-state index is 11.9. The molecular weight excluding hydrogens is 668 g/mol. The Bertz CT molecular complexity index is 1040. The normalized spacial score (nSPS) is 11.0. The molecule has 50 heavy (non-hydrogen) atoms. The first-order valence-corrected chi connectivity index (χ1v) is 16.3. The monoisotopic (exact) mass is 718 g/mol. The molecule has 0 aliphatic heterocycles. The molecule has 17 nitrogen and oxygen atoms in total. The van der Waals surface area contributed by atoms with E-state index in [1.807, 2.05) is 0 Å². The number of Topliss-reactive ketones (excluding diaryl/α,β-unsaturated/α-hetero) is 2. The molecule has 0 bridgehead atoms.